The van der Waals surface area contributed by atoms with Crippen molar-refractivity contribution in [1.29, 1.82) is 0 Å². The van der Waals surface area contributed by atoms with E-state index in [0.717, 1.165) is 6.92 Å². The molecule has 128 valence electrons. The van der Waals surface area contributed by atoms with E-state index < -0.39 is 49.5 Å². The van der Waals surface area contributed by atoms with Crippen LogP contribution in [0.5, 0.6) is 0 Å². The molecule has 1 aromatic rings. The Morgan fingerprint density at radius 2 is 1.78 bits per heavy atom. The smallest absolute Gasteiger partial charge is 0.258 e. The zero-order valence-corrected chi connectivity index (χ0v) is 13.5. The van der Waals surface area contributed by atoms with E-state index in [1.807, 2.05) is 0 Å². The molecule has 0 spiro atoms. The second-order valence-electron chi connectivity index (χ2n) is 5.65. The van der Waals surface area contributed by atoms with Gasteiger partial charge in [-0.25, -0.2) is 8.60 Å². The molecule has 0 aliphatic rings. The monoisotopic (exact) mass is 354 g/mol. The molecule has 0 aromatic heterocycles. The quantitative estimate of drug-likeness (QED) is 0.356. The molecule has 0 aliphatic carbocycles. The number of non-ortho nitro benzene ring substituents is 1. The number of rotatable bonds is 3. The lowest BCUT2D eigenvalue weighted by Crippen LogP contribution is -2.21. The Hall–Kier alpha value is -1.84. The number of halogens is 4. The van der Waals surface area contributed by atoms with E-state index in [2.05, 4.69) is 4.40 Å². The minimum Gasteiger partial charge on any atom is -0.258 e. The molecule has 1 aromatic carbocycles. The Morgan fingerprint density at radius 1 is 1.26 bits per heavy atom. The summed E-state index contributed by atoms with van der Waals surface area (Å²) in [4.78, 5) is 9.70. The maximum Gasteiger partial charge on any atom is 0.419 e. The van der Waals surface area contributed by atoms with Gasteiger partial charge >= 0.3 is 6.18 Å². The maximum atomic E-state index is 14.1. The highest BCUT2D eigenvalue weighted by Gasteiger charge is 2.37. The molecule has 1 unspecified atom stereocenters. The van der Waals surface area contributed by atoms with E-state index in [4.69, 9.17) is 0 Å². The van der Waals surface area contributed by atoms with Crippen LogP contribution in [0.15, 0.2) is 16.5 Å². The van der Waals surface area contributed by atoms with Gasteiger partial charge in [0.1, 0.15) is 16.8 Å². The minimum atomic E-state index is -5.10. The summed E-state index contributed by atoms with van der Waals surface area (Å²) < 4.78 is 67.3. The predicted molar refractivity (Wildman–Crippen MR) is 78.2 cm³/mol. The average Bonchev–Trinajstić information content (AvgIpc) is 2.35. The highest BCUT2D eigenvalue weighted by atomic mass is 32.2. The van der Waals surface area contributed by atoms with Gasteiger partial charge in [-0.3, -0.25) is 10.1 Å². The van der Waals surface area contributed by atoms with Gasteiger partial charge in [0.2, 0.25) is 0 Å². The van der Waals surface area contributed by atoms with Crippen molar-refractivity contribution < 1.29 is 26.7 Å². The van der Waals surface area contributed by atoms with Crippen molar-refractivity contribution in [2.24, 2.45) is 4.40 Å². The number of nitrogens with zero attached hydrogens (tertiary/aromatic N) is 2. The number of nitro groups is 1. The first-order chi connectivity index (χ1) is 10.2. The van der Waals surface area contributed by atoms with Crippen LogP contribution in [0.4, 0.5) is 23.2 Å². The largest absolute Gasteiger partial charge is 0.419 e. The first kappa shape index (κ1) is 19.2. The third kappa shape index (κ3) is 4.57. The van der Waals surface area contributed by atoms with Crippen molar-refractivity contribution in [1.82, 2.24) is 0 Å². The summed E-state index contributed by atoms with van der Waals surface area (Å²) >= 11 is 0. The molecule has 0 amide bonds. The number of alkyl halides is 3. The van der Waals surface area contributed by atoms with Gasteiger partial charge in [0.15, 0.2) is 0 Å². The van der Waals surface area contributed by atoms with Gasteiger partial charge in [-0.15, -0.1) is 0 Å². The molecule has 23 heavy (non-hydrogen) atoms. The molecule has 0 heterocycles. The third-order valence-corrected chi connectivity index (χ3v) is 4.19. The van der Waals surface area contributed by atoms with E-state index in [-0.39, 0.29) is 11.8 Å². The predicted octanol–water partition coefficient (Wildman–Crippen LogP) is 4.02. The lowest BCUT2D eigenvalue weighted by Gasteiger charge is -2.15. The Labute approximate surface area is 132 Å². The summed E-state index contributed by atoms with van der Waals surface area (Å²) in [5.41, 5.74) is -3.71. The maximum absolute atomic E-state index is 14.1. The van der Waals surface area contributed by atoms with Crippen LogP contribution in [0.1, 0.15) is 38.8 Å². The van der Waals surface area contributed by atoms with Crippen molar-refractivity contribution in [2.45, 2.75) is 38.6 Å². The molecule has 0 fully saturated rings. The molecule has 0 aliphatic heterocycles. The molecular formula is C13H14F4N2O3S. The molecule has 0 N–H and O–H groups in total. The Bertz CT molecular complexity index is 694. The van der Waals surface area contributed by atoms with Crippen LogP contribution >= 0.6 is 0 Å². The number of hydrogen-bond acceptors (Lipinski definition) is 3. The molecule has 0 bridgehead atoms. The van der Waals surface area contributed by atoms with Gasteiger partial charge in [-0.1, -0.05) is 0 Å². The van der Waals surface area contributed by atoms with Crippen molar-refractivity contribution in [3.63, 3.8) is 0 Å². The molecule has 1 atom stereocenters. The second kappa shape index (κ2) is 6.34. The van der Waals surface area contributed by atoms with Crippen LogP contribution in [0.25, 0.3) is 0 Å². The van der Waals surface area contributed by atoms with Crippen molar-refractivity contribution in [2.75, 3.05) is 0 Å². The van der Waals surface area contributed by atoms with Gasteiger partial charge in [-0.2, -0.15) is 17.6 Å². The summed E-state index contributed by atoms with van der Waals surface area (Å²) in [5.74, 6) is -1.68. The summed E-state index contributed by atoms with van der Waals surface area (Å²) in [7, 11) is -1.85. The highest BCUT2D eigenvalue weighted by Crippen LogP contribution is 2.35. The lowest BCUT2D eigenvalue weighted by atomic mass is 10.0. The van der Waals surface area contributed by atoms with E-state index in [9.17, 15) is 31.9 Å². The van der Waals surface area contributed by atoms with Crippen molar-refractivity contribution in [3.05, 3.63) is 39.2 Å². The van der Waals surface area contributed by atoms with Crippen LogP contribution in [-0.4, -0.2) is 19.6 Å². The van der Waals surface area contributed by atoms with E-state index in [1.165, 1.54) is 0 Å². The summed E-state index contributed by atoms with van der Waals surface area (Å²) in [6, 6.07) is 0.760. The fourth-order valence-electron chi connectivity index (χ4n) is 1.49. The van der Waals surface area contributed by atoms with E-state index >= 15 is 0 Å². The van der Waals surface area contributed by atoms with E-state index in [1.54, 1.807) is 20.8 Å². The zero-order chi connectivity index (χ0) is 18.2. The first-order valence-corrected chi connectivity index (χ1v) is 7.38. The van der Waals surface area contributed by atoms with Crippen molar-refractivity contribution >= 4 is 22.4 Å². The van der Waals surface area contributed by atoms with E-state index in [0.29, 0.717) is 6.07 Å². The van der Waals surface area contributed by atoms with Crippen molar-refractivity contribution in [3.8, 4) is 0 Å². The molecule has 0 radical (unpaired) electrons. The fourth-order valence-corrected chi connectivity index (χ4v) is 2.12. The topological polar surface area (TPSA) is 72.6 Å². The van der Waals surface area contributed by atoms with Crippen LogP contribution in [-0.2, 0) is 17.2 Å². The Kier molecular flexibility index (Phi) is 5.30. The first-order valence-electron chi connectivity index (χ1n) is 6.28. The standard InChI is InChI=1S/C13H14F4N2O3S/c1-7(18-23(22)12(2,3)4)9-5-8(19(20)21)6-10(11(9)14)13(15,16)17/h5-6H,1-4H3. The summed E-state index contributed by atoms with van der Waals surface area (Å²) in [5, 5.41) is 10.8. The lowest BCUT2D eigenvalue weighted by molar-refractivity contribution is -0.385. The fraction of sp³-hybridized carbons (Fsp3) is 0.462. The van der Waals surface area contributed by atoms with Crippen LogP contribution in [0.2, 0.25) is 0 Å². The molecule has 10 heteroatoms. The van der Waals surface area contributed by atoms with Gasteiger partial charge in [0.05, 0.1) is 20.9 Å². The molecule has 5 nitrogen and oxygen atoms in total. The Balaban J connectivity index is 3.58. The third-order valence-electron chi connectivity index (χ3n) is 2.71. The normalized spacial score (nSPS) is 14.7. The van der Waals surface area contributed by atoms with Crippen LogP contribution in [0.3, 0.4) is 0 Å². The summed E-state index contributed by atoms with van der Waals surface area (Å²) in [6.45, 7) is 5.87. The second-order valence-corrected chi connectivity index (χ2v) is 7.55. The molecular weight excluding hydrogens is 340 g/mol. The van der Waals surface area contributed by atoms with Crippen LogP contribution < -0.4 is 0 Å². The average molecular weight is 354 g/mol. The molecule has 0 saturated heterocycles. The number of hydrogen-bond donors (Lipinski definition) is 0. The number of benzene rings is 1. The van der Waals surface area contributed by atoms with Gasteiger partial charge in [0.25, 0.3) is 5.69 Å². The minimum absolute atomic E-state index is 0.118. The number of nitro benzene ring substituents is 1. The highest BCUT2D eigenvalue weighted by molar-refractivity contribution is 7.85. The molecule has 0 saturated carbocycles. The summed E-state index contributed by atoms with van der Waals surface area (Å²) in [6.07, 6.45) is -5.10. The SMILES string of the molecule is CC(=NS(=O)C(C)(C)C)c1cc([N+](=O)[O-])cc(C(F)(F)F)c1F. The zero-order valence-electron chi connectivity index (χ0n) is 12.7. The Morgan fingerprint density at radius 3 is 2.17 bits per heavy atom. The van der Waals surface area contributed by atoms with Crippen LogP contribution in [0, 0.1) is 15.9 Å². The van der Waals surface area contributed by atoms with Gasteiger partial charge in [0, 0.05) is 17.7 Å². The molecule has 1 rings (SSSR count). The van der Waals surface area contributed by atoms with Gasteiger partial charge < -0.3 is 0 Å². The van der Waals surface area contributed by atoms with Gasteiger partial charge in [-0.05, 0) is 27.7 Å².